The molecule has 0 rings (SSSR count). The maximum absolute atomic E-state index is 10.8. The Labute approximate surface area is 71.8 Å². The average Bonchev–Trinajstić information content (AvgIpc) is 2.11. The summed E-state index contributed by atoms with van der Waals surface area (Å²) in [5.74, 6) is -1.24. The van der Waals surface area contributed by atoms with E-state index in [-0.39, 0.29) is 12.4 Å². The average molecular weight is 173 g/mol. The van der Waals surface area contributed by atoms with Gasteiger partial charge >= 0.3 is 11.9 Å². The Kier molecular flexibility index (Phi) is 5.08. The van der Waals surface area contributed by atoms with E-state index >= 15 is 0 Å². The molecule has 4 heteroatoms. The maximum atomic E-state index is 10.8. The number of carbonyl (C=O) groups excluding carboxylic acids is 2. The molecule has 0 fully saturated rings. The van der Waals surface area contributed by atoms with Crippen molar-refractivity contribution in [3.63, 3.8) is 0 Å². The predicted octanol–water partition coefficient (Wildman–Crippen LogP) is 0.563. The van der Waals surface area contributed by atoms with Gasteiger partial charge in [-0.1, -0.05) is 0 Å². The summed E-state index contributed by atoms with van der Waals surface area (Å²) >= 11 is 0. The molecule has 0 aromatic heterocycles. The molecular weight excluding hydrogens is 160 g/mol. The zero-order chi connectivity index (χ0) is 9.56. The lowest BCUT2D eigenvalue weighted by Gasteiger charge is -2.06. The summed E-state index contributed by atoms with van der Waals surface area (Å²) in [4.78, 5) is 21.4. The van der Waals surface area contributed by atoms with Crippen molar-refractivity contribution in [2.24, 2.45) is 5.92 Å². The fourth-order valence-electron chi connectivity index (χ4n) is 0.679. The summed E-state index contributed by atoms with van der Waals surface area (Å²) in [6.07, 6.45) is 0.555. The Balaban J connectivity index is 3.63. The first-order chi connectivity index (χ1) is 5.61. The van der Waals surface area contributed by atoms with Gasteiger partial charge in [0, 0.05) is 6.42 Å². The highest BCUT2D eigenvalue weighted by atomic mass is 16.5. The van der Waals surface area contributed by atoms with Gasteiger partial charge in [0.1, 0.15) is 0 Å². The molecule has 69 valence electrons. The van der Waals surface area contributed by atoms with Gasteiger partial charge in [0.05, 0.1) is 20.1 Å². The Hall–Kier alpha value is -1.06. The van der Waals surface area contributed by atoms with Gasteiger partial charge in [0.15, 0.2) is 0 Å². The van der Waals surface area contributed by atoms with Crippen LogP contribution in [0.3, 0.4) is 0 Å². The van der Waals surface area contributed by atoms with Crippen molar-refractivity contribution < 1.29 is 19.1 Å². The van der Waals surface area contributed by atoms with Crippen molar-refractivity contribution in [2.75, 3.05) is 14.2 Å². The van der Waals surface area contributed by atoms with E-state index in [0.29, 0.717) is 6.42 Å². The summed E-state index contributed by atoms with van der Waals surface area (Å²) in [5.41, 5.74) is 0. The maximum Gasteiger partial charge on any atom is 0.308 e. The molecule has 0 spiro atoms. The Bertz CT molecular complexity index is 164. The second-order valence-electron chi connectivity index (χ2n) is 2.33. The quantitative estimate of drug-likeness (QED) is 0.583. The zero-order valence-electron chi connectivity index (χ0n) is 7.33. The summed E-state index contributed by atoms with van der Waals surface area (Å²) < 4.78 is 8.82. The van der Waals surface area contributed by atoms with Gasteiger partial charge in [-0.2, -0.15) is 0 Å². The number of esters is 2. The number of hydrogen-bond donors (Lipinski definition) is 0. The molecule has 0 aromatic carbocycles. The monoisotopic (exact) mass is 173 g/mol. The number of rotatable bonds is 4. The standard InChI is InChI=1S/C8H13O4/c1-6(8(10)12-3)4-5-7(9)11-2/h6H,1,4-5H2,2-3H3/t6-/m1/s1. The highest BCUT2D eigenvalue weighted by molar-refractivity contribution is 5.74. The van der Waals surface area contributed by atoms with Crippen LogP contribution in [0.15, 0.2) is 0 Å². The molecule has 1 atom stereocenters. The van der Waals surface area contributed by atoms with Crippen LogP contribution in [0.5, 0.6) is 0 Å². The number of ether oxygens (including phenoxy) is 2. The van der Waals surface area contributed by atoms with E-state index in [9.17, 15) is 9.59 Å². The van der Waals surface area contributed by atoms with Crippen molar-refractivity contribution in [2.45, 2.75) is 12.8 Å². The summed E-state index contributed by atoms with van der Waals surface area (Å²) in [6, 6.07) is 0. The third-order valence-electron chi connectivity index (χ3n) is 1.46. The van der Waals surface area contributed by atoms with Crippen LogP contribution in [0.2, 0.25) is 0 Å². The molecule has 0 aliphatic carbocycles. The molecule has 1 radical (unpaired) electrons. The smallest absolute Gasteiger partial charge is 0.308 e. The Morgan fingerprint density at radius 2 is 1.92 bits per heavy atom. The summed E-state index contributed by atoms with van der Waals surface area (Å²) in [5, 5.41) is 0. The lowest BCUT2D eigenvalue weighted by molar-refractivity contribution is -0.145. The van der Waals surface area contributed by atoms with E-state index in [1.54, 1.807) is 0 Å². The van der Waals surface area contributed by atoms with E-state index in [1.165, 1.54) is 14.2 Å². The largest absolute Gasteiger partial charge is 0.469 e. The Morgan fingerprint density at radius 3 is 2.33 bits per heavy atom. The van der Waals surface area contributed by atoms with Crippen molar-refractivity contribution in [1.29, 1.82) is 0 Å². The lowest BCUT2D eigenvalue weighted by Crippen LogP contribution is -2.14. The molecule has 0 N–H and O–H groups in total. The van der Waals surface area contributed by atoms with E-state index in [4.69, 9.17) is 0 Å². The zero-order valence-corrected chi connectivity index (χ0v) is 7.33. The second kappa shape index (κ2) is 5.57. The van der Waals surface area contributed by atoms with Gasteiger partial charge < -0.3 is 9.47 Å². The minimum Gasteiger partial charge on any atom is -0.469 e. The molecule has 0 saturated heterocycles. The summed E-state index contributed by atoms with van der Waals surface area (Å²) in [7, 11) is 2.59. The van der Waals surface area contributed by atoms with Crippen LogP contribution < -0.4 is 0 Å². The number of hydrogen-bond acceptors (Lipinski definition) is 4. The fraction of sp³-hybridized carbons (Fsp3) is 0.625. The molecule has 0 saturated carbocycles. The van der Waals surface area contributed by atoms with Gasteiger partial charge in [-0.25, -0.2) is 0 Å². The molecule has 0 amide bonds. The molecule has 0 heterocycles. The normalized spacial score (nSPS) is 11.9. The van der Waals surface area contributed by atoms with Gasteiger partial charge in [-0.3, -0.25) is 9.59 Å². The first-order valence-corrected chi connectivity index (χ1v) is 3.59. The summed E-state index contributed by atoms with van der Waals surface area (Å²) in [6.45, 7) is 3.53. The third-order valence-corrected chi connectivity index (χ3v) is 1.46. The molecule has 12 heavy (non-hydrogen) atoms. The van der Waals surface area contributed by atoms with Crippen LogP contribution >= 0.6 is 0 Å². The van der Waals surface area contributed by atoms with Crippen LogP contribution in [-0.4, -0.2) is 26.2 Å². The van der Waals surface area contributed by atoms with Gasteiger partial charge in [0.25, 0.3) is 0 Å². The minimum absolute atomic E-state index is 0.194. The van der Waals surface area contributed by atoms with Crippen LogP contribution in [0.25, 0.3) is 0 Å². The lowest BCUT2D eigenvalue weighted by atomic mass is 10.1. The predicted molar refractivity (Wildman–Crippen MR) is 42.1 cm³/mol. The molecule has 0 bridgehead atoms. The first-order valence-electron chi connectivity index (χ1n) is 3.59. The van der Waals surface area contributed by atoms with Crippen LogP contribution in [0, 0.1) is 12.8 Å². The van der Waals surface area contributed by atoms with Crippen molar-refractivity contribution in [3.05, 3.63) is 6.92 Å². The number of carbonyl (C=O) groups is 2. The minimum atomic E-state index is -0.492. The SMILES string of the molecule is [CH2][C@H](CCC(=O)OC)C(=O)OC. The van der Waals surface area contributed by atoms with Crippen LogP contribution in [-0.2, 0) is 19.1 Å². The van der Waals surface area contributed by atoms with E-state index in [2.05, 4.69) is 16.4 Å². The molecule has 0 aliphatic heterocycles. The second-order valence-corrected chi connectivity index (χ2v) is 2.33. The Morgan fingerprint density at radius 1 is 1.33 bits per heavy atom. The van der Waals surface area contributed by atoms with Gasteiger partial charge in [0.2, 0.25) is 0 Å². The van der Waals surface area contributed by atoms with E-state index in [0.717, 1.165) is 0 Å². The van der Waals surface area contributed by atoms with E-state index < -0.39 is 11.9 Å². The van der Waals surface area contributed by atoms with E-state index in [1.807, 2.05) is 0 Å². The van der Waals surface area contributed by atoms with Gasteiger partial charge in [-0.15, -0.1) is 0 Å². The topological polar surface area (TPSA) is 52.6 Å². The van der Waals surface area contributed by atoms with Gasteiger partial charge in [-0.05, 0) is 13.3 Å². The van der Waals surface area contributed by atoms with Crippen LogP contribution in [0.1, 0.15) is 12.8 Å². The van der Waals surface area contributed by atoms with Crippen molar-refractivity contribution >= 4 is 11.9 Å². The molecule has 0 unspecified atom stereocenters. The molecule has 0 aliphatic rings. The van der Waals surface area contributed by atoms with Crippen LogP contribution in [0.4, 0.5) is 0 Å². The fourth-order valence-corrected chi connectivity index (χ4v) is 0.679. The number of methoxy groups -OCH3 is 2. The molecule has 4 nitrogen and oxygen atoms in total. The van der Waals surface area contributed by atoms with Crippen molar-refractivity contribution in [3.8, 4) is 0 Å². The first kappa shape index (κ1) is 10.9. The highest BCUT2D eigenvalue weighted by Gasteiger charge is 2.14. The molecular formula is C8H13O4. The third kappa shape index (κ3) is 3.95. The highest BCUT2D eigenvalue weighted by Crippen LogP contribution is 2.06. The molecule has 0 aromatic rings. The van der Waals surface area contributed by atoms with Crippen molar-refractivity contribution in [1.82, 2.24) is 0 Å².